The Balaban J connectivity index is 0.000000470. The molecule has 2 rings (SSSR count). The average Bonchev–Trinajstić information content (AvgIpc) is 2.58. The van der Waals surface area contributed by atoms with E-state index in [0.717, 1.165) is 5.92 Å². The van der Waals surface area contributed by atoms with Crippen LogP contribution in [0, 0.1) is 19.8 Å². The van der Waals surface area contributed by atoms with Gasteiger partial charge in [0.2, 0.25) is 0 Å². The zero-order valence-electron chi connectivity index (χ0n) is 15.6. The molecular weight excluding hydrogens is 264 g/mol. The molecule has 0 saturated carbocycles. The number of aryl methyl sites for hydroxylation is 2. The van der Waals surface area contributed by atoms with Crippen LogP contribution in [0.1, 0.15) is 58.6 Å². The standard InChI is InChI=1S/C14H14.C6H14.C2H6/c1-11-3-7-13(8-4-11)14-9-5-12(2)6-10-14;1-4-6(3)5-2;1-2/h3-10H,1-2H3;6H,4-5H2,1-3H3;1-2H3. The Bertz CT molecular complexity index is 429. The Morgan fingerprint density at radius 3 is 1.09 bits per heavy atom. The summed E-state index contributed by atoms with van der Waals surface area (Å²) in [5, 5.41) is 0. The molecule has 0 radical (unpaired) electrons. The van der Waals surface area contributed by atoms with Gasteiger partial charge in [-0.3, -0.25) is 0 Å². The molecule has 0 aliphatic carbocycles. The molecule has 22 heavy (non-hydrogen) atoms. The molecule has 122 valence electrons. The molecule has 0 aliphatic heterocycles. The van der Waals surface area contributed by atoms with Gasteiger partial charge >= 0.3 is 0 Å². The van der Waals surface area contributed by atoms with Crippen molar-refractivity contribution in [2.75, 3.05) is 0 Å². The van der Waals surface area contributed by atoms with Gasteiger partial charge in [0.05, 0.1) is 0 Å². The fourth-order valence-electron chi connectivity index (χ4n) is 1.78. The summed E-state index contributed by atoms with van der Waals surface area (Å²) in [5.74, 6) is 0.935. The smallest absolute Gasteiger partial charge is 0.0184 e. The summed E-state index contributed by atoms with van der Waals surface area (Å²) in [6.07, 6.45) is 2.66. The summed E-state index contributed by atoms with van der Waals surface area (Å²) >= 11 is 0. The van der Waals surface area contributed by atoms with Crippen molar-refractivity contribution >= 4 is 0 Å². The van der Waals surface area contributed by atoms with Crippen LogP contribution >= 0.6 is 0 Å². The van der Waals surface area contributed by atoms with Crippen molar-refractivity contribution < 1.29 is 0 Å². The molecule has 2 aromatic rings. The third kappa shape index (κ3) is 8.02. The molecule has 0 saturated heterocycles. The minimum atomic E-state index is 0.935. The molecule has 0 aliphatic rings. The summed E-state index contributed by atoms with van der Waals surface area (Å²) in [7, 11) is 0. The highest BCUT2D eigenvalue weighted by molar-refractivity contribution is 5.63. The normalized spacial score (nSPS) is 9.45. The Morgan fingerprint density at radius 2 is 0.909 bits per heavy atom. The Morgan fingerprint density at radius 1 is 0.636 bits per heavy atom. The lowest BCUT2D eigenvalue weighted by molar-refractivity contribution is 0.544. The van der Waals surface area contributed by atoms with Crippen LogP contribution < -0.4 is 0 Å². The molecular formula is C22H34. The number of hydrogen-bond donors (Lipinski definition) is 0. The maximum atomic E-state index is 2.28. The van der Waals surface area contributed by atoms with Gasteiger partial charge in [0, 0.05) is 0 Å². The predicted octanol–water partition coefficient (Wildman–Crippen LogP) is 7.44. The largest absolute Gasteiger partial charge is 0.0683 e. The minimum absolute atomic E-state index is 0.935. The monoisotopic (exact) mass is 298 g/mol. The van der Waals surface area contributed by atoms with Gasteiger partial charge < -0.3 is 0 Å². The first-order valence-corrected chi connectivity index (χ1v) is 8.70. The van der Waals surface area contributed by atoms with Crippen molar-refractivity contribution in [3.8, 4) is 11.1 Å². The third-order valence-corrected chi connectivity index (χ3v) is 3.83. The molecule has 0 nitrogen and oxygen atoms in total. The number of benzene rings is 2. The molecule has 0 N–H and O–H groups in total. The first-order chi connectivity index (χ1) is 10.6. The quantitative estimate of drug-likeness (QED) is 0.552. The summed E-state index contributed by atoms with van der Waals surface area (Å²) in [6, 6.07) is 17.3. The van der Waals surface area contributed by atoms with Gasteiger partial charge in [-0.1, -0.05) is 107 Å². The van der Waals surface area contributed by atoms with Crippen molar-refractivity contribution in [1.29, 1.82) is 0 Å². The van der Waals surface area contributed by atoms with Crippen molar-refractivity contribution in [1.82, 2.24) is 0 Å². The molecule has 0 bridgehead atoms. The molecule has 0 heteroatoms. The van der Waals surface area contributed by atoms with Gasteiger partial charge in [0.1, 0.15) is 0 Å². The van der Waals surface area contributed by atoms with E-state index in [9.17, 15) is 0 Å². The van der Waals surface area contributed by atoms with Gasteiger partial charge in [0.25, 0.3) is 0 Å². The minimum Gasteiger partial charge on any atom is -0.0683 e. The van der Waals surface area contributed by atoms with E-state index in [1.807, 2.05) is 13.8 Å². The van der Waals surface area contributed by atoms with Gasteiger partial charge in [-0.2, -0.15) is 0 Å². The van der Waals surface area contributed by atoms with E-state index in [1.54, 1.807) is 0 Å². The Kier molecular flexibility index (Phi) is 11.2. The fourth-order valence-corrected chi connectivity index (χ4v) is 1.78. The summed E-state index contributed by atoms with van der Waals surface area (Å²) in [5.41, 5.74) is 5.19. The van der Waals surface area contributed by atoms with E-state index in [0.29, 0.717) is 0 Å². The van der Waals surface area contributed by atoms with Crippen molar-refractivity contribution in [2.24, 2.45) is 5.92 Å². The van der Waals surface area contributed by atoms with E-state index >= 15 is 0 Å². The zero-order valence-corrected chi connectivity index (χ0v) is 15.6. The van der Waals surface area contributed by atoms with Crippen LogP contribution in [0.5, 0.6) is 0 Å². The molecule has 0 amide bonds. The second-order valence-corrected chi connectivity index (χ2v) is 5.65. The highest BCUT2D eigenvalue weighted by atomic mass is 14.0. The van der Waals surface area contributed by atoms with Crippen molar-refractivity contribution in [3.05, 3.63) is 59.7 Å². The number of rotatable bonds is 3. The topological polar surface area (TPSA) is 0 Å². The lowest BCUT2D eigenvalue weighted by Gasteiger charge is -2.02. The van der Waals surface area contributed by atoms with E-state index in [2.05, 4.69) is 83.1 Å². The number of hydrogen-bond acceptors (Lipinski definition) is 0. The molecule has 0 heterocycles. The summed E-state index contributed by atoms with van der Waals surface area (Å²) < 4.78 is 0. The highest BCUT2D eigenvalue weighted by Crippen LogP contribution is 2.19. The van der Waals surface area contributed by atoms with Gasteiger partial charge in [-0.15, -0.1) is 0 Å². The maximum Gasteiger partial charge on any atom is -0.0184 e. The van der Waals surface area contributed by atoms with Crippen LogP contribution in [-0.4, -0.2) is 0 Å². The van der Waals surface area contributed by atoms with Gasteiger partial charge in [0.15, 0.2) is 0 Å². The summed E-state index contributed by atoms with van der Waals surface area (Å²) in [4.78, 5) is 0. The van der Waals surface area contributed by atoms with Crippen LogP contribution in [0.25, 0.3) is 11.1 Å². The fraction of sp³-hybridized carbons (Fsp3) is 0.455. The van der Waals surface area contributed by atoms with E-state index in [1.165, 1.54) is 35.1 Å². The average molecular weight is 299 g/mol. The first kappa shape index (κ1) is 20.4. The lowest BCUT2D eigenvalue weighted by atomic mass is 10.0. The molecule has 0 spiro atoms. The van der Waals surface area contributed by atoms with Crippen molar-refractivity contribution in [2.45, 2.75) is 61.3 Å². The molecule has 0 atom stereocenters. The maximum absolute atomic E-state index is 2.28. The highest BCUT2D eigenvalue weighted by Gasteiger charge is 1.95. The van der Waals surface area contributed by atoms with Gasteiger partial charge in [-0.05, 0) is 30.9 Å². The molecule has 0 unspecified atom stereocenters. The van der Waals surface area contributed by atoms with Gasteiger partial charge in [-0.25, -0.2) is 0 Å². The van der Waals surface area contributed by atoms with E-state index in [4.69, 9.17) is 0 Å². The molecule has 0 fully saturated rings. The van der Waals surface area contributed by atoms with Crippen molar-refractivity contribution in [3.63, 3.8) is 0 Å². The summed E-state index contributed by atoms with van der Waals surface area (Å²) in [6.45, 7) is 15.0. The van der Waals surface area contributed by atoms with Crippen LogP contribution in [-0.2, 0) is 0 Å². The van der Waals surface area contributed by atoms with Crippen LogP contribution in [0.15, 0.2) is 48.5 Å². The molecule has 0 aromatic heterocycles. The lowest BCUT2D eigenvalue weighted by Crippen LogP contribution is -1.85. The van der Waals surface area contributed by atoms with Crippen LogP contribution in [0.2, 0.25) is 0 Å². The molecule has 2 aromatic carbocycles. The SMILES string of the molecule is CC.CCC(C)CC.Cc1ccc(-c2ccc(C)cc2)cc1. The second-order valence-electron chi connectivity index (χ2n) is 5.65. The Labute approximate surface area is 138 Å². The zero-order chi connectivity index (χ0) is 17.0. The van der Waals surface area contributed by atoms with Crippen LogP contribution in [0.4, 0.5) is 0 Å². The van der Waals surface area contributed by atoms with E-state index < -0.39 is 0 Å². The van der Waals surface area contributed by atoms with Crippen LogP contribution in [0.3, 0.4) is 0 Å². The Hall–Kier alpha value is -1.56. The predicted molar refractivity (Wildman–Crippen MR) is 102 cm³/mol. The second kappa shape index (κ2) is 12.0. The third-order valence-electron chi connectivity index (χ3n) is 3.83. The first-order valence-electron chi connectivity index (χ1n) is 8.70. The van der Waals surface area contributed by atoms with E-state index in [-0.39, 0.29) is 0 Å².